The normalized spacial score (nSPS) is 28.2. The summed E-state index contributed by atoms with van der Waals surface area (Å²) in [6.45, 7) is 2.90. The Morgan fingerprint density at radius 1 is 1.11 bits per heavy atom. The molecule has 1 aliphatic heterocycles. The fourth-order valence-electron chi connectivity index (χ4n) is 3.79. The highest BCUT2D eigenvalue weighted by Crippen LogP contribution is 2.47. The fourth-order valence-corrected chi connectivity index (χ4v) is 5.48. The third kappa shape index (κ3) is 4.14. The topological polar surface area (TPSA) is 58.6 Å². The number of rotatable bonds is 6. The summed E-state index contributed by atoms with van der Waals surface area (Å²) < 4.78 is 35.8. The number of nitrogens with one attached hydrogen (secondary N) is 1. The third-order valence-electron chi connectivity index (χ3n) is 5.41. The van der Waals surface area contributed by atoms with E-state index in [2.05, 4.69) is 23.8 Å². The molecule has 1 unspecified atom stereocenters. The van der Waals surface area contributed by atoms with Crippen LogP contribution in [0.5, 0.6) is 5.75 Å². The van der Waals surface area contributed by atoms with Crippen molar-refractivity contribution in [2.75, 3.05) is 13.1 Å². The summed E-state index contributed by atoms with van der Waals surface area (Å²) in [5.41, 5.74) is 1.18. The van der Waals surface area contributed by atoms with Crippen LogP contribution in [-0.2, 0) is 10.2 Å². The lowest BCUT2D eigenvalue weighted by Gasteiger charge is -2.18. The van der Waals surface area contributed by atoms with Crippen LogP contribution in [0.2, 0.25) is 5.02 Å². The number of benzene rings is 2. The molecule has 2 aromatic carbocycles. The van der Waals surface area contributed by atoms with Gasteiger partial charge in [0.15, 0.2) is 0 Å². The lowest BCUT2D eigenvalue weighted by Crippen LogP contribution is -2.41. The van der Waals surface area contributed by atoms with E-state index in [1.54, 1.807) is 24.3 Å². The van der Waals surface area contributed by atoms with Gasteiger partial charge in [-0.25, -0.2) is 0 Å². The minimum absolute atomic E-state index is 0.0476. The van der Waals surface area contributed by atoms with Crippen molar-refractivity contribution >= 4 is 21.8 Å². The van der Waals surface area contributed by atoms with Gasteiger partial charge in [0.2, 0.25) is 0 Å². The predicted octanol–water partition coefficient (Wildman–Crippen LogP) is 3.43. The molecule has 1 N–H and O–H groups in total. The van der Waals surface area contributed by atoms with Gasteiger partial charge in [0.1, 0.15) is 11.9 Å². The Kier molecular flexibility index (Phi) is 5.16. The second-order valence-corrected chi connectivity index (χ2v) is 9.42. The van der Waals surface area contributed by atoms with Crippen molar-refractivity contribution in [1.82, 2.24) is 9.03 Å². The fraction of sp³-hybridized carbons (Fsp3) is 0.400. The summed E-state index contributed by atoms with van der Waals surface area (Å²) >= 11 is 5.88. The average molecular weight is 407 g/mol. The lowest BCUT2D eigenvalue weighted by molar-refractivity contribution is 0.215. The highest BCUT2D eigenvalue weighted by molar-refractivity contribution is 7.87. The van der Waals surface area contributed by atoms with Crippen LogP contribution in [0, 0.1) is 5.92 Å². The molecule has 27 heavy (non-hydrogen) atoms. The van der Waals surface area contributed by atoms with Crippen LogP contribution in [-0.4, -0.2) is 38.0 Å². The molecule has 4 atom stereocenters. The lowest BCUT2D eigenvalue weighted by atomic mass is 10.1. The number of ether oxygens (including phenoxy) is 1. The van der Waals surface area contributed by atoms with Gasteiger partial charge in [-0.3, -0.25) is 0 Å². The van der Waals surface area contributed by atoms with Crippen molar-refractivity contribution in [1.29, 1.82) is 0 Å². The van der Waals surface area contributed by atoms with Gasteiger partial charge in [0, 0.05) is 23.5 Å². The zero-order chi connectivity index (χ0) is 19.0. The second-order valence-electron chi connectivity index (χ2n) is 7.28. The van der Waals surface area contributed by atoms with E-state index >= 15 is 0 Å². The highest BCUT2D eigenvalue weighted by Gasteiger charge is 2.50. The molecule has 4 rings (SSSR count). The van der Waals surface area contributed by atoms with Crippen LogP contribution >= 0.6 is 11.6 Å². The maximum absolute atomic E-state index is 12.8. The number of hydrogen-bond donors (Lipinski definition) is 1. The Labute approximate surface area is 165 Å². The van der Waals surface area contributed by atoms with E-state index < -0.39 is 10.2 Å². The maximum atomic E-state index is 12.8. The van der Waals surface area contributed by atoms with E-state index in [0.29, 0.717) is 36.2 Å². The molecule has 5 nitrogen and oxygen atoms in total. The Balaban J connectivity index is 1.35. The van der Waals surface area contributed by atoms with E-state index in [1.165, 1.54) is 9.87 Å². The number of hydrogen-bond acceptors (Lipinski definition) is 3. The SMILES string of the molecule is C[C@H]1[C@H](NS(=O)(=O)N2CCC(Oc3ccc(Cl)cc3)C2)[C@H]1c1ccccc1. The first-order chi connectivity index (χ1) is 12.9. The monoisotopic (exact) mass is 406 g/mol. The Morgan fingerprint density at radius 3 is 2.52 bits per heavy atom. The van der Waals surface area contributed by atoms with Crippen LogP contribution in [0.4, 0.5) is 0 Å². The quantitative estimate of drug-likeness (QED) is 0.799. The maximum Gasteiger partial charge on any atom is 0.279 e. The van der Waals surface area contributed by atoms with E-state index in [9.17, 15) is 8.42 Å². The molecule has 2 aromatic rings. The van der Waals surface area contributed by atoms with Crippen LogP contribution in [0.3, 0.4) is 0 Å². The van der Waals surface area contributed by atoms with Crippen molar-refractivity contribution in [3.8, 4) is 5.75 Å². The van der Waals surface area contributed by atoms with Crippen molar-refractivity contribution in [3.05, 3.63) is 65.2 Å². The van der Waals surface area contributed by atoms with E-state index in [0.717, 1.165) is 0 Å². The minimum atomic E-state index is -3.52. The zero-order valence-electron chi connectivity index (χ0n) is 15.1. The van der Waals surface area contributed by atoms with Gasteiger partial charge in [-0.2, -0.15) is 17.4 Å². The van der Waals surface area contributed by atoms with Crippen LogP contribution in [0.15, 0.2) is 54.6 Å². The molecular weight excluding hydrogens is 384 g/mol. The van der Waals surface area contributed by atoms with Gasteiger partial charge in [-0.1, -0.05) is 48.9 Å². The van der Waals surface area contributed by atoms with Crippen LogP contribution < -0.4 is 9.46 Å². The van der Waals surface area contributed by atoms with Gasteiger partial charge >= 0.3 is 0 Å². The standard InChI is InChI=1S/C20H23ClN2O3S/c1-14-19(15-5-3-2-4-6-15)20(14)22-27(24,25)23-12-11-18(13-23)26-17-9-7-16(21)8-10-17/h2-10,14,18-20,22H,11-13H2,1H3/t14-,18?,19-,20+/m1/s1. The molecule has 1 heterocycles. The molecule has 1 saturated carbocycles. The van der Waals surface area contributed by atoms with Gasteiger partial charge < -0.3 is 4.74 Å². The summed E-state index contributed by atoms with van der Waals surface area (Å²) in [6, 6.07) is 17.1. The van der Waals surface area contributed by atoms with Crippen LogP contribution in [0.25, 0.3) is 0 Å². The third-order valence-corrected chi connectivity index (χ3v) is 7.25. The second kappa shape index (κ2) is 7.43. The first-order valence-corrected chi connectivity index (χ1v) is 11.0. The minimum Gasteiger partial charge on any atom is -0.489 e. The average Bonchev–Trinajstić information content (AvgIpc) is 3.05. The van der Waals surface area contributed by atoms with Crippen molar-refractivity contribution in [3.63, 3.8) is 0 Å². The summed E-state index contributed by atoms with van der Waals surface area (Å²) in [7, 11) is -3.52. The predicted molar refractivity (Wildman–Crippen MR) is 106 cm³/mol. The Bertz CT molecular complexity index is 889. The number of halogens is 1. The van der Waals surface area contributed by atoms with E-state index in [1.807, 2.05) is 18.2 Å². The molecule has 0 radical (unpaired) electrons. The molecule has 2 fully saturated rings. The molecule has 0 spiro atoms. The Morgan fingerprint density at radius 2 is 1.81 bits per heavy atom. The highest BCUT2D eigenvalue weighted by atomic mass is 35.5. The van der Waals surface area contributed by atoms with Gasteiger partial charge in [-0.15, -0.1) is 0 Å². The molecule has 1 aliphatic carbocycles. The zero-order valence-corrected chi connectivity index (χ0v) is 16.7. The van der Waals surface area contributed by atoms with Crippen LogP contribution in [0.1, 0.15) is 24.8 Å². The molecule has 0 amide bonds. The van der Waals surface area contributed by atoms with Crippen molar-refractivity contribution < 1.29 is 13.2 Å². The van der Waals surface area contributed by atoms with E-state index in [4.69, 9.17) is 16.3 Å². The molecule has 1 saturated heterocycles. The Hall–Kier alpha value is -1.60. The summed E-state index contributed by atoms with van der Waals surface area (Å²) in [4.78, 5) is 0. The van der Waals surface area contributed by atoms with E-state index in [-0.39, 0.29) is 18.1 Å². The molecule has 0 aromatic heterocycles. The largest absolute Gasteiger partial charge is 0.489 e. The summed E-state index contributed by atoms with van der Waals surface area (Å²) in [5.74, 6) is 1.24. The summed E-state index contributed by atoms with van der Waals surface area (Å²) in [6.07, 6.45) is 0.524. The molecule has 2 aliphatic rings. The van der Waals surface area contributed by atoms with Gasteiger partial charge in [0.05, 0.1) is 6.54 Å². The number of nitrogens with zero attached hydrogens (tertiary/aromatic N) is 1. The molecular formula is C20H23ClN2O3S. The van der Waals surface area contributed by atoms with Gasteiger partial charge in [0.25, 0.3) is 10.2 Å². The van der Waals surface area contributed by atoms with Gasteiger partial charge in [-0.05, 0) is 42.2 Å². The van der Waals surface area contributed by atoms with Crippen molar-refractivity contribution in [2.24, 2.45) is 5.92 Å². The molecule has 7 heteroatoms. The van der Waals surface area contributed by atoms with Crippen molar-refractivity contribution in [2.45, 2.75) is 31.4 Å². The molecule has 0 bridgehead atoms. The first kappa shape index (κ1) is 18.7. The smallest absolute Gasteiger partial charge is 0.279 e. The first-order valence-electron chi connectivity index (χ1n) is 9.18. The summed E-state index contributed by atoms with van der Waals surface area (Å²) in [5, 5.41) is 0.647. The molecule has 144 valence electrons.